The number of aryl methyl sites for hydroxylation is 1. The van der Waals surface area contributed by atoms with Gasteiger partial charge in [0.25, 0.3) is 0 Å². The van der Waals surface area contributed by atoms with Crippen molar-refractivity contribution in [3.63, 3.8) is 0 Å². The number of carboxylic acid groups (broad SMARTS) is 1. The van der Waals surface area contributed by atoms with Crippen molar-refractivity contribution in [2.75, 3.05) is 0 Å². The summed E-state index contributed by atoms with van der Waals surface area (Å²) in [6.45, 7) is 9.39. The van der Waals surface area contributed by atoms with Gasteiger partial charge in [0.1, 0.15) is 5.78 Å². The topological polar surface area (TPSA) is 54.4 Å². The van der Waals surface area contributed by atoms with Crippen molar-refractivity contribution in [1.29, 1.82) is 0 Å². The summed E-state index contributed by atoms with van der Waals surface area (Å²) in [6, 6.07) is 8.92. The Morgan fingerprint density at radius 3 is 1.77 bits per heavy atom. The molecule has 0 amide bonds. The fraction of sp³-hybridized carbons (Fsp3) is 0.771. The highest BCUT2D eigenvalue weighted by molar-refractivity contribution is 6.80. The minimum atomic E-state index is -1.40. The second kappa shape index (κ2) is 21.1. The van der Waals surface area contributed by atoms with E-state index in [0.29, 0.717) is 29.6 Å². The number of ketones is 1. The van der Waals surface area contributed by atoms with E-state index in [1.165, 1.54) is 102 Å². The molecule has 2 aliphatic rings. The zero-order chi connectivity index (χ0) is 28.5. The zero-order valence-electron chi connectivity index (χ0n) is 25.9. The molecule has 1 fully saturated rings. The van der Waals surface area contributed by atoms with Crippen LogP contribution in [-0.2, 0) is 16.0 Å². The monoisotopic (exact) mass is 582 g/mol. The minimum absolute atomic E-state index is 0. The van der Waals surface area contributed by atoms with E-state index in [0.717, 1.165) is 25.7 Å². The first-order valence-electron chi connectivity index (χ1n) is 16.6. The first kappa shape index (κ1) is 37.4. The van der Waals surface area contributed by atoms with Gasteiger partial charge in [-0.15, -0.1) is 0 Å². The fourth-order valence-corrected chi connectivity index (χ4v) is 9.90. The number of fused-ring (bicyclic) bond motifs is 3. The lowest BCUT2D eigenvalue weighted by Gasteiger charge is -2.46. The molecular formula is C35H62MgO3Si. The number of hydrogen-bond donors (Lipinski definition) is 1. The third-order valence-electron chi connectivity index (χ3n) is 9.12. The van der Waals surface area contributed by atoms with Crippen LogP contribution in [0.1, 0.15) is 146 Å². The van der Waals surface area contributed by atoms with E-state index in [1.54, 1.807) is 5.56 Å². The van der Waals surface area contributed by atoms with Crippen molar-refractivity contribution < 1.29 is 14.7 Å². The van der Waals surface area contributed by atoms with Crippen LogP contribution < -0.4 is 0 Å². The average Bonchev–Trinajstić information content (AvgIpc) is 2.90. The number of carbonyl (C=O) groups excluding carboxylic acids is 1. The van der Waals surface area contributed by atoms with Crippen molar-refractivity contribution in [2.24, 2.45) is 5.92 Å². The molecule has 0 aromatic heterocycles. The van der Waals surface area contributed by atoms with Gasteiger partial charge in [-0.2, -0.15) is 0 Å². The molecule has 5 heteroatoms. The van der Waals surface area contributed by atoms with Gasteiger partial charge < -0.3 is 5.11 Å². The normalized spacial score (nSPS) is 20.0. The maximum atomic E-state index is 12.4. The molecule has 2 aliphatic carbocycles. The predicted molar refractivity (Wildman–Crippen MR) is 178 cm³/mol. The summed E-state index contributed by atoms with van der Waals surface area (Å²) in [5.41, 5.74) is 3.47. The Bertz CT molecular complexity index is 834. The lowest BCUT2D eigenvalue weighted by atomic mass is 9.67. The van der Waals surface area contributed by atoms with E-state index in [1.807, 2.05) is 0 Å². The third-order valence-corrected chi connectivity index (χ3v) is 11.7. The van der Waals surface area contributed by atoms with E-state index in [4.69, 9.17) is 5.11 Å². The summed E-state index contributed by atoms with van der Waals surface area (Å²) in [5.74, 6) is 1.20. The quantitative estimate of drug-likeness (QED) is 0.147. The second-order valence-corrected chi connectivity index (χ2v) is 18.8. The van der Waals surface area contributed by atoms with Crippen LogP contribution >= 0.6 is 0 Å². The summed E-state index contributed by atoms with van der Waals surface area (Å²) in [5, 5.41) is 8.52. The molecule has 1 aromatic carbocycles. The first-order chi connectivity index (χ1) is 18.8. The summed E-state index contributed by atoms with van der Waals surface area (Å²) in [7, 11) is -1.40. The highest BCUT2D eigenvalue weighted by atomic mass is 28.3. The van der Waals surface area contributed by atoms with Crippen molar-refractivity contribution in [3.05, 3.63) is 35.4 Å². The number of benzene rings is 1. The van der Waals surface area contributed by atoms with Gasteiger partial charge in [-0.1, -0.05) is 141 Å². The molecule has 0 heterocycles. The summed E-state index contributed by atoms with van der Waals surface area (Å²) in [4.78, 5) is 22.8. The highest BCUT2D eigenvalue weighted by Crippen LogP contribution is 2.51. The Hall–Kier alpha value is -0.657. The largest absolute Gasteiger partial charge is 0.481 e. The summed E-state index contributed by atoms with van der Waals surface area (Å²) in [6.07, 6.45) is 24.5. The molecule has 1 N–H and O–H groups in total. The molecule has 40 heavy (non-hydrogen) atoms. The SMILES string of the molecule is CCCCCCCCCCCCCCCCCC(=O)O.C[Si](C)(C)C1C(=O)CCC2c3ccccc3CCC21.[MgH2]. The van der Waals surface area contributed by atoms with Gasteiger partial charge in [0, 0.05) is 18.4 Å². The summed E-state index contributed by atoms with van der Waals surface area (Å²) < 4.78 is 0. The number of rotatable bonds is 17. The van der Waals surface area contributed by atoms with Crippen LogP contribution in [0, 0.1) is 5.92 Å². The molecule has 226 valence electrons. The van der Waals surface area contributed by atoms with Gasteiger partial charge in [0.2, 0.25) is 0 Å². The molecule has 3 rings (SSSR count). The minimum Gasteiger partial charge on any atom is -0.481 e. The van der Waals surface area contributed by atoms with Crippen LogP contribution in [0.3, 0.4) is 0 Å². The molecule has 0 saturated heterocycles. The maximum absolute atomic E-state index is 12.4. The lowest BCUT2D eigenvalue weighted by Crippen LogP contribution is -2.45. The van der Waals surface area contributed by atoms with E-state index in [-0.39, 0.29) is 23.1 Å². The number of carbonyl (C=O) groups is 2. The molecule has 1 saturated carbocycles. The van der Waals surface area contributed by atoms with Gasteiger partial charge in [-0.25, -0.2) is 0 Å². The maximum Gasteiger partial charge on any atom is 0.316 e. The molecule has 1 aromatic rings. The second-order valence-electron chi connectivity index (χ2n) is 13.5. The standard InChI is InChI=1S/C18H36O2.C17H24OSi.Mg.2H/c1-2-3-4-5-6-7-8-9-10-11-12-13-14-15-16-17-18(19)20;1-19(2,3)17-15-9-8-12-6-4-5-7-13(12)14(15)10-11-16(17)18;;;/h2-17H2,1H3,(H,19,20);4-7,14-15,17H,8-11H2,1-3H3;;;. The molecule has 0 radical (unpaired) electrons. The van der Waals surface area contributed by atoms with Crippen molar-refractivity contribution in [3.8, 4) is 0 Å². The number of Topliss-reactive ketones (excluding diaryl/α,β-unsaturated/α-hetero) is 1. The Balaban J connectivity index is 0.000000390. The van der Waals surface area contributed by atoms with Gasteiger partial charge in [-0.3, -0.25) is 9.59 Å². The number of aliphatic carboxylic acids is 1. The lowest BCUT2D eigenvalue weighted by molar-refractivity contribution is -0.137. The number of hydrogen-bond acceptors (Lipinski definition) is 2. The van der Waals surface area contributed by atoms with Gasteiger partial charge in [0.15, 0.2) is 0 Å². The average molecular weight is 583 g/mol. The molecule has 3 unspecified atom stereocenters. The van der Waals surface area contributed by atoms with Gasteiger partial charge in [0.05, 0.1) is 8.07 Å². The number of unbranched alkanes of at least 4 members (excludes halogenated alkanes) is 14. The van der Waals surface area contributed by atoms with E-state index in [9.17, 15) is 9.59 Å². The summed E-state index contributed by atoms with van der Waals surface area (Å²) >= 11 is 0. The molecular weight excluding hydrogens is 521 g/mol. The zero-order valence-corrected chi connectivity index (χ0v) is 26.9. The van der Waals surface area contributed by atoms with Gasteiger partial charge in [-0.05, 0) is 48.6 Å². The molecule has 0 aliphatic heterocycles. The Kier molecular flexibility index (Phi) is 19.7. The third kappa shape index (κ3) is 14.0. The van der Waals surface area contributed by atoms with Crippen LogP contribution in [0.2, 0.25) is 25.2 Å². The van der Waals surface area contributed by atoms with E-state index >= 15 is 0 Å². The number of carboxylic acids is 1. The van der Waals surface area contributed by atoms with E-state index < -0.39 is 14.0 Å². The van der Waals surface area contributed by atoms with Crippen LogP contribution in [-0.4, -0.2) is 48.0 Å². The molecule has 0 bridgehead atoms. The van der Waals surface area contributed by atoms with Crippen LogP contribution in [0.4, 0.5) is 0 Å². The first-order valence-corrected chi connectivity index (χ1v) is 20.2. The van der Waals surface area contributed by atoms with Crippen molar-refractivity contribution in [1.82, 2.24) is 0 Å². The van der Waals surface area contributed by atoms with Crippen molar-refractivity contribution in [2.45, 2.75) is 166 Å². The van der Waals surface area contributed by atoms with Gasteiger partial charge >= 0.3 is 29.0 Å². The van der Waals surface area contributed by atoms with Crippen LogP contribution in [0.15, 0.2) is 24.3 Å². The molecule has 3 atom stereocenters. The van der Waals surface area contributed by atoms with Crippen LogP contribution in [0.5, 0.6) is 0 Å². The van der Waals surface area contributed by atoms with E-state index in [2.05, 4.69) is 50.8 Å². The molecule has 3 nitrogen and oxygen atoms in total. The highest BCUT2D eigenvalue weighted by Gasteiger charge is 2.46. The predicted octanol–water partition coefficient (Wildman–Crippen LogP) is 9.82. The Morgan fingerprint density at radius 2 is 1.27 bits per heavy atom. The fourth-order valence-electron chi connectivity index (χ4n) is 7.11. The smallest absolute Gasteiger partial charge is 0.316 e. The molecule has 0 spiro atoms. The Morgan fingerprint density at radius 1 is 0.775 bits per heavy atom. The van der Waals surface area contributed by atoms with Crippen molar-refractivity contribution >= 4 is 42.9 Å². The van der Waals surface area contributed by atoms with Crippen LogP contribution in [0.25, 0.3) is 0 Å². The Labute approximate surface area is 264 Å².